The summed E-state index contributed by atoms with van der Waals surface area (Å²) in [5, 5.41) is 3.06. The smallest absolute Gasteiger partial charge is 0.265 e. The van der Waals surface area contributed by atoms with Gasteiger partial charge in [0.2, 0.25) is 0 Å². The minimum Gasteiger partial charge on any atom is -0.497 e. The molecule has 0 saturated carbocycles. The van der Waals surface area contributed by atoms with Crippen molar-refractivity contribution in [3.05, 3.63) is 94.8 Å². The first-order valence-electron chi connectivity index (χ1n) is 8.78. The molecule has 0 bridgehead atoms. The highest BCUT2D eigenvalue weighted by Crippen LogP contribution is 2.19. The molecule has 0 radical (unpaired) electrons. The second kappa shape index (κ2) is 7.55. The number of ether oxygens (including phenoxy) is 1. The molecule has 0 spiro atoms. The van der Waals surface area contributed by atoms with Crippen molar-refractivity contribution in [3.8, 4) is 11.4 Å². The molecule has 4 rings (SSSR count). The maximum absolute atomic E-state index is 14.0. The molecule has 0 aliphatic rings. The van der Waals surface area contributed by atoms with E-state index in [-0.39, 0.29) is 17.0 Å². The normalized spacial score (nSPS) is 10.7. The second-order valence-electron chi connectivity index (χ2n) is 6.29. The molecule has 144 valence electrons. The molecule has 3 aromatic carbocycles. The first kappa shape index (κ1) is 18.4. The average molecular weight is 389 g/mol. The number of carbonyl (C=O) groups excluding carboxylic acids is 1. The Balaban J connectivity index is 1.68. The molecule has 4 aromatic rings. The summed E-state index contributed by atoms with van der Waals surface area (Å²) in [6.07, 6.45) is 1.26. The molecule has 0 fully saturated rings. The van der Waals surface area contributed by atoms with E-state index in [9.17, 15) is 14.0 Å². The quantitative estimate of drug-likeness (QED) is 0.576. The number of halogens is 1. The molecule has 1 N–H and O–H groups in total. The van der Waals surface area contributed by atoms with Gasteiger partial charge >= 0.3 is 0 Å². The molecule has 0 unspecified atom stereocenters. The van der Waals surface area contributed by atoms with Crippen LogP contribution < -0.4 is 15.6 Å². The molecule has 29 heavy (non-hydrogen) atoms. The lowest BCUT2D eigenvalue weighted by Gasteiger charge is -2.09. The fourth-order valence-electron chi connectivity index (χ4n) is 2.99. The molecular weight excluding hydrogens is 373 g/mol. The number of hydrogen-bond acceptors (Lipinski definition) is 4. The summed E-state index contributed by atoms with van der Waals surface area (Å²) >= 11 is 0. The summed E-state index contributed by atoms with van der Waals surface area (Å²) in [7, 11) is 1.55. The Bertz CT molecular complexity index is 1280. The van der Waals surface area contributed by atoms with Crippen molar-refractivity contribution in [2.45, 2.75) is 0 Å². The number of hydrogen-bond donors (Lipinski definition) is 1. The third-order valence-electron chi connectivity index (χ3n) is 4.46. The highest BCUT2D eigenvalue weighted by Gasteiger charge is 2.12. The van der Waals surface area contributed by atoms with E-state index in [1.807, 2.05) is 0 Å². The number of anilines is 1. The monoisotopic (exact) mass is 389 g/mol. The topological polar surface area (TPSA) is 73.2 Å². The lowest BCUT2D eigenvalue weighted by Crippen LogP contribution is -2.20. The van der Waals surface area contributed by atoms with Crippen LogP contribution in [0.3, 0.4) is 0 Å². The van der Waals surface area contributed by atoms with Gasteiger partial charge in [0.1, 0.15) is 17.9 Å². The van der Waals surface area contributed by atoms with Crippen molar-refractivity contribution in [2.75, 3.05) is 12.4 Å². The summed E-state index contributed by atoms with van der Waals surface area (Å²) in [6.45, 7) is 0. The van der Waals surface area contributed by atoms with E-state index in [0.29, 0.717) is 22.5 Å². The van der Waals surface area contributed by atoms with Crippen LogP contribution in [-0.2, 0) is 0 Å². The molecular formula is C22H16FN3O3. The first-order valence-corrected chi connectivity index (χ1v) is 8.78. The standard InChI is InChI=1S/C22H16FN3O3/c1-29-16-6-4-5-15(12-16)25-21(27)14-9-10-17-19(11-14)24-13-26(22(17)28)20-8-3-2-7-18(20)23/h2-13H,1H3,(H,25,27). The second-order valence-corrected chi connectivity index (χ2v) is 6.29. The third kappa shape index (κ3) is 3.58. The number of benzene rings is 3. The van der Waals surface area contributed by atoms with E-state index in [0.717, 1.165) is 4.57 Å². The molecule has 1 heterocycles. The molecule has 0 saturated heterocycles. The number of fused-ring (bicyclic) bond motifs is 1. The summed E-state index contributed by atoms with van der Waals surface area (Å²) in [5.41, 5.74) is 0.973. The fraction of sp³-hybridized carbons (Fsp3) is 0.0455. The van der Waals surface area contributed by atoms with Crippen LogP contribution in [0.15, 0.2) is 77.9 Å². The van der Waals surface area contributed by atoms with Gasteiger partial charge in [-0.3, -0.25) is 14.2 Å². The van der Waals surface area contributed by atoms with Gasteiger partial charge in [-0.15, -0.1) is 0 Å². The predicted molar refractivity (Wildman–Crippen MR) is 108 cm³/mol. The molecule has 1 aromatic heterocycles. The number of para-hydroxylation sites is 1. The van der Waals surface area contributed by atoms with Gasteiger partial charge in [0.15, 0.2) is 0 Å². The van der Waals surface area contributed by atoms with Crippen LogP contribution in [-0.4, -0.2) is 22.6 Å². The largest absolute Gasteiger partial charge is 0.497 e. The van der Waals surface area contributed by atoms with Gasteiger partial charge in [0.25, 0.3) is 11.5 Å². The van der Waals surface area contributed by atoms with E-state index >= 15 is 0 Å². The van der Waals surface area contributed by atoms with Crippen molar-refractivity contribution >= 4 is 22.5 Å². The summed E-state index contributed by atoms with van der Waals surface area (Å²) < 4.78 is 20.3. The molecule has 6 nitrogen and oxygen atoms in total. The Kier molecular flexibility index (Phi) is 4.78. The number of carbonyl (C=O) groups is 1. The van der Waals surface area contributed by atoms with Gasteiger partial charge in [-0.2, -0.15) is 0 Å². The van der Waals surface area contributed by atoms with E-state index < -0.39 is 11.4 Å². The van der Waals surface area contributed by atoms with Crippen LogP contribution in [0, 0.1) is 5.82 Å². The molecule has 7 heteroatoms. The summed E-state index contributed by atoms with van der Waals surface area (Å²) in [4.78, 5) is 29.6. The first-order chi connectivity index (χ1) is 14.1. The highest BCUT2D eigenvalue weighted by atomic mass is 19.1. The van der Waals surface area contributed by atoms with Crippen LogP contribution in [0.2, 0.25) is 0 Å². The number of amides is 1. The predicted octanol–water partition coefficient (Wildman–Crippen LogP) is 3.79. The average Bonchev–Trinajstić information content (AvgIpc) is 2.74. The van der Waals surface area contributed by atoms with Crippen LogP contribution in [0.25, 0.3) is 16.6 Å². The maximum atomic E-state index is 14.0. The zero-order valence-corrected chi connectivity index (χ0v) is 15.4. The van der Waals surface area contributed by atoms with E-state index in [1.54, 1.807) is 43.5 Å². The SMILES string of the molecule is COc1cccc(NC(=O)c2ccc3c(=O)n(-c4ccccc4F)cnc3c2)c1. The van der Waals surface area contributed by atoms with Crippen molar-refractivity contribution < 1.29 is 13.9 Å². The van der Waals surface area contributed by atoms with Crippen molar-refractivity contribution in [1.82, 2.24) is 9.55 Å². The van der Waals surface area contributed by atoms with E-state index in [2.05, 4.69) is 10.3 Å². The van der Waals surface area contributed by atoms with Crippen molar-refractivity contribution in [3.63, 3.8) is 0 Å². The maximum Gasteiger partial charge on any atom is 0.265 e. The summed E-state index contributed by atoms with van der Waals surface area (Å²) in [5.74, 6) is -0.248. The number of rotatable bonds is 4. The molecule has 1 amide bonds. The lowest BCUT2D eigenvalue weighted by atomic mass is 10.1. The van der Waals surface area contributed by atoms with Gasteiger partial charge in [-0.25, -0.2) is 9.37 Å². The highest BCUT2D eigenvalue weighted by molar-refractivity contribution is 6.06. The molecule has 0 aliphatic carbocycles. The minimum absolute atomic E-state index is 0.117. The van der Waals surface area contributed by atoms with Crippen molar-refractivity contribution in [1.29, 1.82) is 0 Å². The number of nitrogens with one attached hydrogen (secondary N) is 1. The lowest BCUT2D eigenvalue weighted by molar-refractivity contribution is 0.102. The van der Waals surface area contributed by atoms with Crippen LogP contribution >= 0.6 is 0 Å². The van der Waals surface area contributed by atoms with Gasteiger partial charge in [0.05, 0.1) is 23.7 Å². The van der Waals surface area contributed by atoms with Gasteiger partial charge in [-0.05, 0) is 42.5 Å². The van der Waals surface area contributed by atoms with E-state index in [1.165, 1.54) is 36.7 Å². The zero-order chi connectivity index (χ0) is 20.4. The van der Waals surface area contributed by atoms with Gasteiger partial charge in [-0.1, -0.05) is 18.2 Å². The zero-order valence-electron chi connectivity index (χ0n) is 15.4. The van der Waals surface area contributed by atoms with Crippen molar-refractivity contribution in [2.24, 2.45) is 0 Å². The van der Waals surface area contributed by atoms with Gasteiger partial charge in [0, 0.05) is 17.3 Å². The minimum atomic E-state index is -0.523. The fourth-order valence-corrected chi connectivity index (χ4v) is 2.99. The number of nitrogens with zero attached hydrogens (tertiary/aromatic N) is 2. The van der Waals surface area contributed by atoms with Gasteiger partial charge < -0.3 is 10.1 Å². The third-order valence-corrected chi connectivity index (χ3v) is 4.46. The Labute approximate surface area is 165 Å². The Morgan fingerprint density at radius 2 is 1.90 bits per heavy atom. The summed E-state index contributed by atoms with van der Waals surface area (Å²) in [6, 6.07) is 17.5. The Morgan fingerprint density at radius 3 is 2.69 bits per heavy atom. The van der Waals surface area contributed by atoms with Crippen LogP contribution in [0.4, 0.5) is 10.1 Å². The number of aromatic nitrogens is 2. The molecule has 0 atom stereocenters. The Morgan fingerprint density at radius 1 is 1.07 bits per heavy atom. The molecule has 0 aliphatic heterocycles. The van der Waals surface area contributed by atoms with E-state index in [4.69, 9.17) is 4.74 Å². The van der Waals surface area contributed by atoms with Crippen LogP contribution in [0.1, 0.15) is 10.4 Å². The van der Waals surface area contributed by atoms with Crippen LogP contribution in [0.5, 0.6) is 5.75 Å². The Hall–Kier alpha value is -4.00. The number of methoxy groups -OCH3 is 1.